The molecule has 0 aromatic rings. The molecule has 2 saturated heterocycles. The molecule has 1 N–H and O–H groups in total. The predicted octanol–water partition coefficient (Wildman–Crippen LogP) is -0.922. The molecule has 70 valence electrons. The standard InChI is InChI=1S/C8H15NO3/c10-2-1-9-5-7-8(6-9)12-4-3-11-7/h7-8,10H,1-6H2. The van der Waals surface area contributed by atoms with Crippen molar-refractivity contribution >= 4 is 0 Å². The fraction of sp³-hybridized carbons (Fsp3) is 1.00. The summed E-state index contributed by atoms with van der Waals surface area (Å²) in [6.07, 6.45) is 0.482. The van der Waals surface area contributed by atoms with Gasteiger partial charge in [0.15, 0.2) is 0 Å². The number of likely N-dealkylation sites (tertiary alicyclic amines) is 1. The maximum Gasteiger partial charge on any atom is 0.0976 e. The Bertz CT molecular complexity index is 139. The summed E-state index contributed by atoms with van der Waals surface area (Å²) >= 11 is 0. The van der Waals surface area contributed by atoms with Crippen molar-refractivity contribution in [3.63, 3.8) is 0 Å². The Morgan fingerprint density at radius 2 is 1.75 bits per heavy atom. The number of rotatable bonds is 2. The summed E-state index contributed by atoms with van der Waals surface area (Å²) in [6, 6.07) is 0. The third-order valence-electron chi connectivity index (χ3n) is 2.45. The third-order valence-corrected chi connectivity index (χ3v) is 2.45. The zero-order valence-corrected chi connectivity index (χ0v) is 7.11. The van der Waals surface area contributed by atoms with Crippen LogP contribution in [0.2, 0.25) is 0 Å². The molecule has 0 aliphatic carbocycles. The van der Waals surface area contributed by atoms with Gasteiger partial charge in [-0.1, -0.05) is 0 Å². The smallest absolute Gasteiger partial charge is 0.0976 e. The number of fused-ring (bicyclic) bond motifs is 1. The number of ether oxygens (including phenoxy) is 2. The van der Waals surface area contributed by atoms with Gasteiger partial charge in [0.2, 0.25) is 0 Å². The Labute approximate surface area is 72.1 Å². The highest BCUT2D eigenvalue weighted by atomic mass is 16.6. The number of hydrogen-bond donors (Lipinski definition) is 1. The number of aliphatic hydroxyl groups is 1. The number of aliphatic hydroxyl groups excluding tert-OH is 1. The Hall–Kier alpha value is -0.160. The van der Waals surface area contributed by atoms with Gasteiger partial charge in [0.05, 0.1) is 32.0 Å². The summed E-state index contributed by atoms with van der Waals surface area (Å²) in [5.74, 6) is 0. The largest absolute Gasteiger partial charge is 0.395 e. The van der Waals surface area contributed by atoms with E-state index in [0.717, 1.165) is 19.6 Å². The molecule has 2 aliphatic rings. The topological polar surface area (TPSA) is 41.9 Å². The van der Waals surface area contributed by atoms with E-state index in [1.54, 1.807) is 0 Å². The van der Waals surface area contributed by atoms with Gasteiger partial charge in [0.25, 0.3) is 0 Å². The summed E-state index contributed by atoms with van der Waals surface area (Å²) in [4.78, 5) is 2.18. The minimum absolute atomic E-state index is 0.222. The summed E-state index contributed by atoms with van der Waals surface area (Å²) in [5.41, 5.74) is 0. The van der Waals surface area contributed by atoms with Crippen molar-refractivity contribution in [2.45, 2.75) is 12.2 Å². The average Bonchev–Trinajstić information content (AvgIpc) is 2.47. The van der Waals surface area contributed by atoms with Crippen molar-refractivity contribution < 1.29 is 14.6 Å². The van der Waals surface area contributed by atoms with Crippen LogP contribution in [0.15, 0.2) is 0 Å². The fourth-order valence-corrected chi connectivity index (χ4v) is 1.86. The van der Waals surface area contributed by atoms with E-state index in [1.807, 2.05) is 0 Å². The van der Waals surface area contributed by atoms with Crippen molar-refractivity contribution in [2.24, 2.45) is 0 Å². The molecule has 2 fully saturated rings. The number of hydrogen-bond acceptors (Lipinski definition) is 4. The van der Waals surface area contributed by atoms with E-state index < -0.39 is 0 Å². The molecule has 0 aromatic heterocycles. The van der Waals surface area contributed by atoms with Gasteiger partial charge in [-0.05, 0) is 0 Å². The maximum atomic E-state index is 8.74. The van der Waals surface area contributed by atoms with Gasteiger partial charge in [-0.25, -0.2) is 0 Å². The van der Waals surface area contributed by atoms with E-state index >= 15 is 0 Å². The minimum atomic E-state index is 0.222. The van der Waals surface area contributed by atoms with Crippen molar-refractivity contribution in [2.75, 3.05) is 39.5 Å². The lowest BCUT2D eigenvalue weighted by Crippen LogP contribution is -2.36. The fourth-order valence-electron chi connectivity index (χ4n) is 1.86. The highest BCUT2D eigenvalue weighted by molar-refractivity contribution is 4.87. The quantitative estimate of drug-likeness (QED) is 0.586. The Morgan fingerprint density at radius 1 is 1.17 bits per heavy atom. The van der Waals surface area contributed by atoms with Crippen molar-refractivity contribution in [1.29, 1.82) is 0 Å². The molecule has 4 nitrogen and oxygen atoms in total. The molecule has 2 atom stereocenters. The second-order valence-corrected chi connectivity index (χ2v) is 3.30. The van der Waals surface area contributed by atoms with Crippen molar-refractivity contribution in [3.05, 3.63) is 0 Å². The van der Waals surface area contributed by atoms with Crippen LogP contribution in [0.3, 0.4) is 0 Å². The molecule has 0 bridgehead atoms. The first kappa shape index (κ1) is 8.44. The van der Waals surface area contributed by atoms with E-state index in [9.17, 15) is 0 Å². The van der Waals surface area contributed by atoms with Crippen LogP contribution in [0.4, 0.5) is 0 Å². The van der Waals surface area contributed by atoms with Crippen LogP contribution in [0.1, 0.15) is 0 Å². The molecule has 2 unspecified atom stereocenters. The Kier molecular flexibility index (Phi) is 2.60. The molecule has 4 heteroatoms. The van der Waals surface area contributed by atoms with E-state index in [0.29, 0.717) is 13.2 Å². The summed E-state index contributed by atoms with van der Waals surface area (Å²) < 4.78 is 11.1. The second-order valence-electron chi connectivity index (χ2n) is 3.30. The highest BCUT2D eigenvalue weighted by Gasteiger charge is 2.35. The molecular weight excluding hydrogens is 158 g/mol. The normalized spacial score (nSPS) is 36.8. The monoisotopic (exact) mass is 173 g/mol. The van der Waals surface area contributed by atoms with Crippen molar-refractivity contribution in [1.82, 2.24) is 4.90 Å². The van der Waals surface area contributed by atoms with E-state index in [1.165, 1.54) is 0 Å². The second kappa shape index (κ2) is 3.70. The molecule has 0 spiro atoms. The van der Waals surface area contributed by atoms with Crippen molar-refractivity contribution in [3.8, 4) is 0 Å². The average molecular weight is 173 g/mol. The van der Waals surface area contributed by atoms with E-state index in [-0.39, 0.29) is 18.8 Å². The minimum Gasteiger partial charge on any atom is -0.395 e. The number of nitrogens with zero attached hydrogens (tertiary/aromatic N) is 1. The Morgan fingerprint density at radius 3 is 2.25 bits per heavy atom. The first-order chi connectivity index (χ1) is 5.90. The molecule has 0 saturated carbocycles. The Balaban J connectivity index is 1.85. The molecule has 12 heavy (non-hydrogen) atoms. The lowest BCUT2D eigenvalue weighted by molar-refractivity contribution is -0.116. The van der Waals surface area contributed by atoms with E-state index in [4.69, 9.17) is 14.6 Å². The van der Waals surface area contributed by atoms with Gasteiger partial charge in [-0.15, -0.1) is 0 Å². The summed E-state index contributed by atoms with van der Waals surface area (Å²) in [5, 5.41) is 8.74. The first-order valence-corrected chi connectivity index (χ1v) is 4.46. The van der Waals surface area contributed by atoms with Crippen LogP contribution in [-0.2, 0) is 9.47 Å². The van der Waals surface area contributed by atoms with E-state index in [2.05, 4.69) is 4.90 Å². The first-order valence-electron chi connectivity index (χ1n) is 4.46. The molecule has 0 amide bonds. The summed E-state index contributed by atoms with van der Waals surface area (Å²) in [7, 11) is 0. The van der Waals surface area contributed by atoms with Crippen LogP contribution in [0.5, 0.6) is 0 Å². The molecule has 2 aliphatic heterocycles. The van der Waals surface area contributed by atoms with Gasteiger partial charge >= 0.3 is 0 Å². The summed E-state index contributed by atoms with van der Waals surface area (Å²) in [6.45, 7) is 4.21. The van der Waals surface area contributed by atoms with Gasteiger partial charge < -0.3 is 14.6 Å². The van der Waals surface area contributed by atoms with Crippen LogP contribution in [-0.4, -0.2) is 61.7 Å². The molecule has 0 aromatic carbocycles. The lowest BCUT2D eigenvalue weighted by Gasteiger charge is -2.24. The number of β-amino-alcohol motifs (C(OH)–C–C–N with tert-alkyl or cyclic N) is 1. The predicted molar refractivity (Wildman–Crippen MR) is 43.0 cm³/mol. The van der Waals surface area contributed by atoms with Gasteiger partial charge in [-0.2, -0.15) is 0 Å². The maximum absolute atomic E-state index is 8.74. The SMILES string of the molecule is OCCN1CC2OCCOC2C1. The zero-order valence-electron chi connectivity index (χ0n) is 7.11. The van der Waals surface area contributed by atoms with Gasteiger partial charge in [-0.3, -0.25) is 4.90 Å². The van der Waals surface area contributed by atoms with Gasteiger partial charge in [0.1, 0.15) is 0 Å². The molecule has 0 radical (unpaired) electrons. The van der Waals surface area contributed by atoms with Crippen LogP contribution in [0.25, 0.3) is 0 Å². The van der Waals surface area contributed by atoms with Crippen LogP contribution < -0.4 is 0 Å². The van der Waals surface area contributed by atoms with Crippen LogP contribution >= 0.6 is 0 Å². The third kappa shape index (κ3) is 1.61. The highest BCUT2D eigenvalue weighted by Crippen LogP contribution is 2.19. The molecule has 2 heterocycles. The molecular formula is C8H15NO3. The lowest BCUT2D eigenvalue weighted by atomic mass is 10.2. The van der Waals surface area contributed by atoms with Crippen LogP contribution in [0, 0.1) is 0 Å². The zero-order chi connectivity index (χ0) is 8.39. The molecule has 2 rings (SSSR count). The van der Waals surface area contributed by atoms with Gasteiger partial charge in [0, 0.05) is 19.6 Å².